The fraction of sp³-hybridized carbons (Fsp3) is 0.417. The van der Waals surface area contributed by atoms with Gasteiger partial charge < -0.3 is 21.5 Å². The number of anilines is 2. The molecule has 0 spiro atoms. The summed E-state index contributed by atoms with van der Waals surface area (Å²) in [5, 5.41) is 3.01. The van der Waals surface area contributed by atoms with Crippen molar-refractivity contribution in [2.45, 2.75) is 26.3 Å². The molecule has 17 heavy (non-hydrogen) atoms. The van der Waals surface area contributed by atoms with E-state index in [-0.39, 0.29) is 0 Å². The van der Waals surface area contributed by atoms with Gasteiger partial charge in [-0.25, -0.2) is 0 Å². The number of rotatable bonds is 5. The molecule has 0 saturated carbocycles. The van der Waals surface area contributed by atoms with Crippen LogP contribution in [0.25, 0.3) is 0 Å². The molecule has 1 amide bonds. The van der Waals surface area contributed by atoms with Gasteiger partial charge >= 0.3 is 0 Å². The highest BCUT2D eigenvalue weighted by atomic mass is 16.5. The molecule has 5 nitrogen and oxygen atoms in total. The number of amides is 1. The molecule has 0 saturated heterocycles. The summed E-state index contributed by atoms with van der Waals surface area (Å²) in [5.74, 6) is 0.150. The predicted molar refractivity (Wildman–Crippen MR) is 68.9 cm³/mol. The Morgan fingerprint density at radius 3 is 2.65 bits per heavy atom. The molecule has 0 atom stereocenters. The van der Waals surface area contributed by atoms with Crippen molar-refractivity contribution in [2.75, 3.05) is 17.7 Å². The Bertz CT molecular complexity index is 416. The lowest BCUT2D eigenvalue weighted by Gasteiger charge is -2.25. The van der Waals surface area contributed by atoms with Gasteiger partial charge in [0.15, 0.2) is 0 Å². The number of ether oxygens (including phenoxy) is 1. The Morgan fingerprint density at radius 2 is 2.12 bits per heavy atom. The lowest BCUT2D eigenvalue weighted by atomic mass is 10.0. The summed E-state index contributed by atoms with van der Waals surface area (Å²) in [5.41, 5.74) is 11.5. The Hall–Kier alpha value is -1.91. The topological polar surface area (TPSA) is 90.4 Å². The summed E-state index contributed by atoms with van der Waals surface area (Å²) in [4.78, 5) is 11.2. The second kappa shape index (κ2) is 4.95. The molecule has 94 valence electrons. The Kier molecular flexibility index (Phi) is 3.83. The number of para-hydroxylation sites is 1. The number of benzene rings is 1. The maximum Gasteiger partial charge on any atom is 0.242 e. The molecule has 0 aliphatic carbocycles. The molecule has 5 N–H and O–H groups in total. The van der Waals surface area contributed by atoms with Crippen molar-refractivity contribution in [1.29, 1.82) is 0 Å². The van der Waals surface area contributed by atoms with Crippen molar-refractivity contribution in [1.82, 2.24) is 0 Å². The summed E-state index contributed by atoms with van der Waals surface area (Å²) in [7, 11) is 0. The van der Waals surface area contributed by atoms with Crippen LogP contribution in [0.3, 0.4) is 0 Å². The fourth-order valence-electron chi connectivity index (χ4n) is 1.33. The molecule has 1 rings (SSSR count). The summed E-state index contributed by atoms with van der Waals surface area (Å²) in [6.07, 6.45) is 0. The zero-order chi connectivity index (χ0) is 13.1. The monoisotopic (exact) mass is 237 g/mol. The van der Waals surface area contributed by atoms with Gasteiger partial charge in [0.2, 0.25) is 5.91 Å². The van der Waals surface area contributed by atoms with Gasteiger partial charge in [0.05, 0.1) is 18.0 Å². The highest BCUT2D eigenvalue weighted by molar-refractivity contribution is 5.88. The van der Waals surface area contributed by atoms with E-state index in [1.54, 1.807) is 32.0 Å². The summed E-state index contributed by atoms with van der Waals surface area (Å²) >= 11 is 0. The first-order valence-electron chi connectivity index (χ1n) is 5.48. The number of hydrogen-bond acceptors (Lipinski definition) is 4. The van der Waals surface area contributed by atoms with E-state index >= 15 is 0 Å². The third kappa shape index (κ3) is 3.03. The van der Waals surface area contributed by atoms with E-state index < -0.39 is 11.4 Å². The van der Waals surface area contributed by atoms with Gasteiger partial charge in [-0.15, -0.1) is 0 Å². The lowest BCUT2D eigenvalue weighted by molar-refractivity contribution is -0.121. The van der Waals surface area contributed by atoms with Crippen LogP contribution < -0.4 is 21.5 Å². The van der Waals surface area contributed by atoms with Gasteiger partial charge in [-0.3, -0.25) is 4.79 Å². The lowest BCUT2D eigenvalue weighted by Crippen LogP contribution is -2.45. The molecular weight excluding hydrogens is 218 g/mol. The van der Waals surface area contributed by atoms with Crippen LogP contribution in [0.4, 0.5) is 11.4 Å². The Labute approximate surface area is 101 Å². The van der Waals surface area contributed by atoms with Gasteiger partial charge in [0.25, 0.3) is 0 Å². The van der Waals surface area contributed by atoms with E-state index in [4.69, 9.17) is 16.2 Å². The van der Waals surface area contributed by atoms with E-state index in [2.05, 4.69) is 5.32 Å². The van der Waals surface area contributed by atoms with E-state index in [0.717, 1.165) is 0 Å². The normalized spacial score (nSPS) is 11.0. The van der Waals surface area contributed by atoms with Crippen LogP contribution in [0.5, 0.6) is 5.75 Å². The number of carbonyl (C=O) groups excluding carboxylic acids is 1. The molecule has 0 fully saturated rings. The first-order chi connectivity index (χ1) is 7.88. The second-order valence-corrected chi connectivity index (χ2v) is 4.26. The number of primary amides is 1. The first kappa shape index (κ1) is 13.2. The molecule has 0 radical (unpaired) electrons. The van der Waals surface area contributed by atoms with Crippen LogP contribution in [0, 0.1) is 0 Å². The maximum atomic E-state index is 11.2. The molecule has 5 heteroatoms. The van der Waals surface area contributed by atoms with Crippen LogP contribution in [0.15, 0.2) is 18.2 Å². The molecule has 1 aromatic rings. The van der Waals surface area contributed by atoms with Gasteiger partial charge in [-0.2, -0.15) is 0 Å². The molecule has 1 aromatic carbocycles. The number of nitrogens with two attached hydrogens (primary N) is 2. The van der Waals surface area contributed by atoms with E-state index in [0.29, 0.717) is 23.7 Å². The summed E-state index contributed by atoms with van der Waals surface area (Å²) in [6, 6.07) is 5.37. The van der Waals surface area contributed by atoms with Crippen molar-refractivity contribution in [3.05, 3.63) is 18.2 Å². The van der Waals surface area contributed by atoms with Crippen LogP contribution in [-0.2, 0) is 4.79 Å². The largest absolute Gasteiger partial charge is 0.492 e. The van der Waals surface area contributed by atoms with E-state index in [1.165, 1.54) is 0 Å². The van der Waals surface area contributed by atoms with Crippen molar-refractivity contribution in [3.8, 4) is 5.75 Å². The number of nitrogen functional groups attached to an aromatic ring is 1. The van der Waals surface area contributed by atoms with E-state index in [9.17, 15) is 4.79 Å². The van der Waals surface area contributed by atoms with Crippen LogP contribution in [0.1, 0.15) is 20.8 Å². The van der Waals surface area contributed by atoms with Crippen molar-refractivity contribution in [2.24, 2.45) is 5.73 Å². The minimum atomic E-state index is -0.862. The molecule has 0 bridgehead atoms. The Balaban J connectivity index is 2.99. The average molecular weight is 237 g/mol. The quantitative estimate of drug-likeness (QED) is 0.674. The van der Waals surface area contributed by atoms with Gasteiger partial charge in [0, 0.05) is 0 Å². The second-order valence-electron chi connectivity index (χ2n) is 4.26. The predicted octanol–water partition coefficient (Wildman–Crippen LogP) is 1.34. The molecular formula is C12H19N3O2. The summed E-state index contributed by atoms with van der Waals surface area (Å²) < 4.78 is 5.37. The highest BCUT2D eigenvalue weighted by Gasteiger charge is 2.25. The molecule has 0 aromatic heterocycles. The standard InChI is InChI=1S/C12H19N3O2/c1-4-17-9-7-5-6-8(10(9)13)15-12(2,3)11(14)16/h5-7,15H,4,13H2,1-3H3,(H2,14,16). The zero-order valence-electron chi connectivity index (χ0n) is 10.4. The van der Waals surface area contributed by atoms with Crippen molar-refractivity contribution < 1.29 is 9.53 Å². The van der Waals surface area contributed by atoms with Gasteiger partial charge in [-0.05, 0) is 32.9 Å². The number of nitrogens with one attached hydrogen (secondary N) is 1. The van der Waals surface area contributed by atoms with Crippen molar-refractivity contribution in [3.63, 3.8) is 0 Å². The third-order valence-corrected chi connectivity index (χ3v) is 2.43. The minimum Gasteiger partial charge on any atom is -0.492 e. The fourth-order valence-corrected chi connectivity index (χ4v) is 1.33. The smallest absolute Gasteiger partial charge is 0.242 e. The zero-order valence-corrected chi connectivity index (χ0v) is 10.4. The summed E-state index contributed by atoms with van der Waals surface area (Å²) in [6.45, 7) is 5.81. The molecule has 0 heterocycles. The van der Waals surface area contributed by atoms with Gasteiger partial charge in [-0.1, -0.05) is 6.07 Å². The average Bonchev–Trinajstić information content (AvgIpc) is 2.24. The van der Waals surface area contributed by atoms with Crippen LogP contribution >= 0.6 is 0 Å². The molecule has 0 unspecified atom stereocenters. The molecule has 0 aliphatic heterocycles. The van der Waals surface area contributed by atoms with Gasteiger partial charge in [0.1, 0.15) is 11.3 Å². The number of hydrogen-bond donors (Lipinski definition) is 3. The molecule has 0 aliphatic rings. The van der Waals surface area contributed by atoms with E-state index in [1.807, 2.05) is 6.92 Å². The third-order valence-electron chi connectivity index (χ3n) is 2.43. The van der Waals surface area contributed by atoms with Crippen molar-refractivity contribution >= 4 is 17.3 Å². The van der Waals surface area contributed by atoms with Crippen LogP contribution in [-0.4, -0.2) is 18.1 Å². The van der Waals surface area contributed by atoms with Crippen LogP contribution in [0.2, 0.25) is 0 Å². The first-order valence-corrected chi connectivity index (χ1v) is 5.48. The minimum absolute atomic E-state index is 0.446. The Morgan fingerprint density at radius 1 is 1.47 bits per heavy atom. The maximum absolute atomic E-state index is 11.2. The number of carbonyl (C=O) groups is 1. The SMILES string of the molecule is CCOc1cccc(NC(C)(C)C(N)=O)c1N. The highest BCUT2D eigenvalue weighted by Crippen LogP contribution is 2.31.